The molecule has 2 fully saturated rings. The van der Waals surface area contributed by atoms with Crippen LogP contribution in [-0.4, -0.2) is 36.0 Å². The van der Waals surface area contributed by atoms with E-state index in [2.05, 4.69) is 0 Å². The summed E-state index contributed by atoms with van der Waals surface area (Å²) in [5.74, 6) is -0.266. The first kappa shape index (κ1) is 6.12. The predicted octanol–water partition coefficient (Wildman–Crippen LogP) is -0.938. The van der Waals surface area contributed by atoms with Crippen molar-refractivity contribution in [2.75, 3.05) is 6.61 Å². The average molecular weight is 144 g/mol. The van der Waals surface area contributed by atoms with E-state index in [4.69, 9.17) is 9.47 Å². The molecule has 1 N–H and O–H groups in total. The Balaban J connectivity index is 2.16. The summed E-state index contributed by atoms with van der Waals surface area (Å²) < 4.78 is 9.84. The molecule has 2 rings (SSSR count). The van der Waals surface area contributed by atoms with Crippen LogP contribution in [0.25, 0.3) is 0 Å². The van der Waals surface area contributed by atoms with Gasteiger partial charge < -0.3 is 14.6 Å². The maximum atomic E-state index is 10.7. The van der Waals surface area contributed by atoms with Gasteiger partial charge >= 0.3 is 5.97 Å². The number of esters is 1. The van der Waals surface area contributed by atoms with Gasteiger partial charge in [-0.1, -0.05) is 0 Å². The summed E-state index contributed by atoms with van der Waals surface area (Å²) in [5, 5.41) is 9.22. The summed E-state index contributed by atoms with van der Waals surface area (Å²) in [5.41, 5.74) is 0. The first-order valence-corrected chi connectivity index (χ1v) is 3.26. The van der Waals surface area contributed by atoms with Crippen LogP contribution in [0.1, 0.15) is 6.42 Å². The van der Waals surface area contributed by atoms with Gasteiger partial charge in [0.15, 0.2) is 6.10 Å². The van der Waals surface area contributed by atoms with E-state index < -0.39 is 12.2 Å². The highest BCUT2D eigenvalue weighted by Gasteiger charge is 2.44. The number of rotatable bonds is 0. The highest BCUT2D eigenvalue weighted by atomic mass is 16.6. The van der Waals surface area contributed by atoms with E-state index in [9.17, 15) is 9.90 Å². The van der Waals surface area contributed by atoms with Gasteiger partial charge in [0.05, 0.1) is 19.1 Å². The fourth-order valence-electron chi connectivity index (χ4n) is 1.32. The van der Waals surface area contributed by atoms with Crippen molar-refractivity contribution in [3.05, 3.63) is 0 Å². The van der Waals surface area contributed by atoms with Crippen LogP contribution in [0.15, 0.2) is 0 Å². The van der Waals surface area contributed by atoms with Crippen LogP contribution in [0.2, 0.25) is 0 Å². The van der Waals surface area contributed by atoms with Gasteiger partial charge in [-0.15, -0.1) is 0 Å². The molecule has 56 valence electrons. The van der Waals surface area contributed by atoms with Gasteiger partial charge in [-0.05, 0) is 0 Å². The monoisotopic (exact) mass is 144 g/mol. The summed E-state index contributed by atoms with van der Waals surface area (Å²) in [7, 11) is 0. The molecule has 0 aliphatic carbocycles. The van der Waals surface area contributed by atoms with Crippen molar-refractivity contribution in [3.63, 3.8) is 0 Å². The summed E-state index contributed by atoms with van der Waals surface area (Å²) >= 11 is 0. The van der Waals surface area contributed by atoms with Gasteiger partial charge in [0.1, 0.15) is 6.10 Å². The van der Waals surface area contributed by atoms with Crippen molar-refractivity contribution in [3.8, 4) is 0 Å². The highest BCUT2D eigenvalue weighted by Crippen LogP contribution is 2.25. The zero-order valence-electron chi connectivity index (χ0n) is 5.32. The first-order chi connectivity index (χ1) is 4.77. The second kappa shape index (κ2) is 1.93. The Morgan fingerprint density at radius 2 is 2.30 bits per heavy atom. The Morgan fingerprint density at radius 3 is 3.00 bits per heavy atom. The van der Waals surface area contributed by atoms with Crippen molar-refractivity contribution in [2.24, 2.45) is 0 Å². The lowest BCUT2D eigenvalue weighted by atomic mass is 10.1. The molecule has 2 saturated heterocycles. The maximum absolute atomic E-state index is 10.7. The molecule has 0 saturated carbocycles. The number of carbonyl (C=O) groups excluding carboxylic acids is 1. The number of fused-ring (bicyclic) bond motifs is 2. The van der Waals surface area contributed by atoms with Gasteiger partial charge in [0.2, 0.25) is 0 Å². The van der Waals surface area contributed by atoms with Crippen molar-refractivity contribution in [2.45, 2.75) is 24.7 Å². The standard InChI is InChI=1S/C6H8O4/c7-5-1-3-6(8)4(10-5)2-9-3/h3-4,6,8H,1-2H2/t3-,4-,6+/m0/s1. The summed E-state index contributed by atoms with van der Waals surface area (Å²) in [6.45, 7) is 0.345. The van der Waals surface area contributed by atoms with E-state index in [0.717, 1.165) is 0 Å². The number of aliphatic hydroxyl groups is 1. The molecule has 2 aliphatic heterocycles. The normalized spacial score (nSPS) is 45.3. The molecule has 2 aliphatic rings. The quantitative estimate of drug-likeness (QED) is 0.446. The number of hydrogen-bond donors (Lipinski definition) is 1. The summed E-state index contributed by atoms with van der Waals surface area (Å²) in [6.07, 6.45) is -1.13. The van der Waals surface area contributed by atoms with Crippen LogP contribution in [0, 0.1) is 0 Å². The Bertz CT molecular complexity index is 151. The van der Waals surface area contributed by atoms with Crippen LogP contribution in [0.4, 0.5) is 0 Å². The van der Waals surface area contributed by atoms with E-state index in [-0.39, 0.29) is 18.5 Å². The lowest BCUT2D eigenvalue weighted by Crippen LogP contribution is -2.40. The molecule has 0 radical (unpaired) electrons. The highest BCUT2D eigenvalue weighted by molar-refractivity contribution is 5.71. The predicted molar refractivity (Wildman–Crippen MR) is 30.2 cm³/mol. The molecule has 2 heterocycles. The Hall–Kier alpha value is -0.610. The minimum atomic E-state index is -0.599. The maximum Gasteiger partial charge on any atom is 0.308 e. The topological polar surface area (TPSA) is 55.8 Å². The molecule has 0 amide bonds. The number of hydrogen-bond acceptors (Lipinski definition) is 4. The van der Waals surface area contributed by atoms with Crippen molar-refractivity contribution >= 4 is 5.97 Å². The molecular formula is C6H8O4. The zero-order chi connectivity index (χ0) is 7.14. The second-order valence-electron chi connectivity index (χ2n) is 2.59. The lowest BCUT2D eigenvalue weighted by Gasteiger charge is -2.22. The second-order valence-corrected chi connectivity index (χ2v) is 2.59. The zero-order valence-corrected chi connectivity index (χ0v) is 5.32. The van der Waals surface area contributed by atoms with Crippen LogP contribution in [0.3, 0.4) is 0 Å². The molecule has 2 bridgehead atoms. The SMILES string of the molecule is O=C1C[C@@H]2OC[C@H](O1)[C@@H]2O. The third kappa shape index (κ3) is 0.726. The van der Waals surface area contributed by atoms with Gasteiger partial charge in [-0.3, -0.25) is 4.79 Å². The van der Waals surface area contributed by atoms with Gasteiger partial charge in [0.25, 0.3) is 0 Å². The van der Waals surface area contributed by atoms with Gasteiger partial charge in [0, 0.05) is 0 Å². The van der Waals surface area contributed by atoms with E-state index in [1.165, 1.54) is 0 Å². The largest absolute Gasteiger partial charge is 0.457 e. The molecule has 0 spiro atoms. The number of aliphatic hydroxyl groups excluding tert-OH is 1. The van der Waals surface area contributed by atoms with Crippen LogP contribution in [0.5, 0.6) is 0 Å². The minimum absolute atomic E-state index is 0.192. The van der Waals surface area contributed by atoms with E-state index in [1.54, 1.807) is 0 Å². The van der Waals surface area contributed by atoms with Crippen LogP contribution in [-0.2, 0) is 14.3 Å². The number of ether oxygens (including phenoxy) is 2. The molecule has 4 heteroatoms. The first-order valence-electron chi connectivity index (χ1n) is 3.26. The van der Waals surface area contributed by atoms with Crippen LogP contribution >= 0.6 is 0 Å². The van der Waals surface area contributed by atoms with E-state index >= 15 is 0 Å². The minimum Gasteiger partial charge on any atom is -0.457 e. The summed E-state index contributed by atoms with van der Waals surface area (Å²) in [4.78, 5) is 10.7. The Labute approximate surface area is 57.7 Å². The van der Waals surface area contributed by atoms with Crippen molar-refractivity contribution < 1.29 is 19.4 Å². The molecule has 0 aromatic carbocycles. The average Bonchev–Trinajstić information content (AvgIpc) is 2.20. The smallest absolute Gasteiger partial charge is 0.308 e. The van der Waals surface area contributed by atoms with E-state index in [0.29, 0.717) is 6.61 Å². The molecule has 0 aromatic rings. The van der Waals surface area contributed by atoms with Gasteiger partial charge in [-0.25, -0.2) is 0 Å². The molecule has 0 aromatic heterocycles. The molecular weight excluding hydrogens is 136 g/mol. The molecule has 3 atom stereocenters. The lowest BCUT2D eigenvalue weighted by molar-refractivity contribution is -0.160. The molecule has 4 nitrogen and oxygen atoms in total. The third-order valence-corrected chi connectivity index (χ3v) is 1.89. The summed E-state index contributed by atoms with van der Waals surface area (Å²) in [6, 6.07) is 0. The molecule has 10 heavy (non-hydrogen) atoms. The van der Waals surface area contributed by atoms with E-state index in [1.807, 2.05) is 0 Å². The molecule has 0 unspecified atom stereocenters. The van der Waals surface area contributed by atoms with Gasteiger partial charge in [-0.2, -0.15) is 0 Å². The fourth-order valence-corrected chi connectivity index (χ4v) is 1.32. The third-order valence-electron chi connectivity index (χ3n) is 1.89. The Kier molecular flexibility index (Phi) is 1.18. The fraction of sp³-hybridized carbons (Fsp3) is 0.833. The Morgan fingerprint density at radius 1 is 1.50 bits per heavy atom. The van der Waals surface area contributed by atoms with Crippen LogP contribution < -0.4 is 0 Å². The van der Waals surface area contributed by atoms with Crippen molar-refractivity contribution in [1.29, 1.82) is 0 Å². The number of carbonyl (C=O) groups is 1. The van der Waals surface area contributed by atoms with Crippen molar-refractivity contribution in [1.82, 2.24) is 0 Å².